The fraction of sp³-hybridized carbons (Fsp3) is 0.360. The molecule has 3 amide bonds. The number of carbonyl (C=O) groups is 2. The molecule has 0 unspecified atom stereocenters. The lowest BCUT2D eigenvalue weighted by molar-refractivity contribution is -0.124. The first-order valence-corrected chi connectivity index (χ1v) is 10.6. The number of benzene rings is 2. The van der Waals surface area contributed by atoms with Gasteiger partial charge in [-0.1, -0.05) is 36.3 Å². The average Bonchev–Trinajstić information content (AvgIpc) is 3.22. The lowest BCUT2D eigenvalue weighted by atomic mass is 9.78. The monoisotopic (exact) mass is 417 g/mol. The summed E-state index contributed by atoms with van der Waals surface area (Å²) < 4.78 is 5.31. The minimum atomic E-state index is -0.114. The van der Waals surface area contributed by atoms with Crippen LogP contribution in [0.1, 0.15) is 24.8 Å². The van der Waals surface area contributed by atoms with Crippen LogP contribution < -0.4 is 10.1 Å². The van der Waals surface area contributed by atoms with E-state index in [1.54, 1.807) is 7.11 Å². The summed E-state index contributed by atoms with van der Waals surface area (Å²) in [7, 11) is 1.59. The molecular weight excluding hydrogens is 390 g/mol. The Labute approximate surface area is 183 Å². The summed E-state index contributed by atoms with van der Waals surface area (Å²) in [6.45, 7) is 2.81. The summed E-state index contributed by atoms with van der Waals surface area (Å²) in [6, 6.07) is 16.8. The number of ether oxygens (including phenoxy) is 1. The zero-order chi connectivity index (χ0) is 21.7. The zero-order valence-corrected chi connectivity index (χ0v) is 17.8. The molecule has 0 radical (unpaired) electrons. The molecule has 1 spiro atoms. The summed E-state index contributed by atoms with van der Waals surface area (Å²) in [6.07, 6.45) is 2.75. The number of hydrogen-bond donors (Lipinski definition) is 1. The molecule has 0 aromatic heterocycles. The lowest BCUT2D eigenvalue weighted by Gasteiger charge is -2.39. The van der Waals surface area contributed by atoms with Crippen LogP contribution in [-0.2, 0) is 4.79 Å². The van der Waals surface area contributed by atoms with Crippen molar-refractivity contribution in [2.75, 3.05) is 38.6 Å². The van der Waals surface area contributed by atoms with Crippen LogP contribution >= 0.6 is 0 Å². The first-order chi connectivity index (χ1) is 15.1. The van der Waals surface area contributed by atoms with E-state index in [4.69, 9.17) is 4.74 Å². The summed E-state index contributed by atoms with van der Waals surface area (Å²) in [5.74, 6) is 6.26. The highest BCUT2D eigenvalue weighted by Crippen LogP contribution is 2.40. The molecule has 6 heteroatoms. The molecule has 0 saturated carbocycles. The lowest BCUT2D eigenvalue weighted by Crippen LogP contribution is -2.46. The Morgan fingerprint density at radius 3 is 2.29 bits per heavy atom. The predicted octanol–water partition coefficient (Wildman–Crippen LogP) is 3.59. The van der Waals surface area contributed by atoms with Crippen LogP contribution in [0.2, 0.25) is 0 Å². The van der Waals surface area contributed by atoms with Gasteiger partial charge >= 0.3 is 6.03 Å². The van der Waals surface area contributed by atoms with E-state index >= 15 is 0 Å². The molecule has 2 heterocycles. The summed E-state index contributed by atoms with van der Waals surface area (Å²) in [5.41, 5.74) is 1.61. The fourth-order valence-electron chi connectivity index (χ4n) is 4.37. The molecule has 160 valence electrons. The van der Waals surface area contributed by atoms with Gasteiger partial charge in [0.15, 0.2) is 0 Å². The van der Waals surface area contributed by atoms with Crippen molar-refractivity contribution in [3.63, 3.8) is 0 Å². The topological polar surface area (TPSA) is 61.9 Å². The predicted molar refractivity (Wildman–Crippen MR) is 120 cm³/mol. The van der Waals surface area contributed by atoms with Crippen molar-refractivity contribution < 1.29 is 14.3 Å². The molecule has 2 aromatic carbocycles. The molecule has 6 nitrogen and oxygen atoms in total. The van der Waals surface area contributed by atoms with E-state index in [0.717, 1.165) is 37.9 Å². The molecule has 31 heavy (non-hydrogen) atoms. The van der Waals surface area contributed by atoms with Gasteiger partial charge in [0.25, 0.3) is 5.91 Å². The van der Waals surface area contributed by atoms with Gasteiger partial charge in [-0.25, -0.2) is 4.79 Å². The van der Waals surface area contributed by atoms with Gasteiger partial charge in [-0.3, -0.25) is 4.79 Å². The maximum Gasteiger partial charge on any atom is 0.321 e. The Hall–Kier alpha value is -3.46. The van der Waals surface area contributed by atoms with Gasteiger partial charge in [0, 0.05) is 37.7 Å². The smallest absolute Gasteiger partial charge is 0.321 e. The number of amides is 3. The summed E-state index contributed by atoms with van der Waals surface area (Å²) in [5, 5.41) is 2.95. The highest BCUT2D eigenvalue weighted by Gasteiger charge is 2.42. The van der Waals surface area contributed by atoms with Gasteiger partial charge in [0.2, 0.25) is 0 Å². The van der Waals surface area contributed by atoms with Crippen LogP contribution in [0.15, 0.2) is 54.6 Å². The maximum absolute atomic E-state index is 12.7. The number of para-hydroxylation sites is 2. The van der Waals surface area contributed by atoms with Crippen molar-refractivity contribution in [1.82, 2.24) is 9.80 Å². The Bertz CT molecular complexity index is 1000. The Morgan fingerprint density at radius 2 is 1.58 bits per heavy atom. The van der Waals surface area contributed by atoms with E-state index in [1.165, 1.54) is 0 Å². The van der Waals surface area contributed by atoms with E-state index in [-0.39, 0.29) is 17.4 Å². The van der Waals surface area contributed by atoms with Crippen molar-refractivity contribution >= 4 is 17.6 Å². The molecule has 0 atom stereocenters. The minimum Gasteiger partial charge on any atom is -0.495 e. The third kappa shape index (κ3) is 4.83. The molecular formula is C25H27N3O3. The van der Waals surface area contributed by atoms with Gasteiger partial charge in [-0.15, -0.1) is 0 Å². The van der Waals surface area contributed by atoms with Gasteiger partial charge in [0.1, 0.15) is 5.75 Å². The van der Waals surface area contributed by atoms with Gasteiger partial charge in [-0.05, 0) is 48.9 Å². The van der Waals surface area contributed by atoms with Crippen LogP contribution in [0.5, 0.6) is 5.75 Å². The number of carbonyl (C=O) groups excluding carboxylic acids is 2. The van der Waals surface area contributed by atoms with Crippen molar-refractivity contribution in [2.45, 2.75) is 19.3 Å². The van der Waals surface area contributed by atoms with E-state index in [0.29, 0.717) is 24.5 Å². The van der Waals surface area contributed by atoms with Crippen molar-refractivity contribution in [3.8, 4) is 17.6 Å². The fourth-order valence-corrected chi connectivity index (χ4v) is 4.37. The number of likely N-dealkylation sites (tertiary alicyclic amines) is 2. The standard InChI is InChI=1S/C25H27N3O3/c1-31-22-10-6-5-9-21(22)26-24(30)27-16-13-25(14-17-27)15-18-28(19-25)23(29)12-11-20-7-3-2-4-8-20/h2-10H,13-19H2,1H3,(H,26,30). The number of hydrogen-bond acceptors (Lipinski definition) is 3. The van der Waals surface area contributed by atoms with Crippen LogP contribution in [0, 0.1) is 17.3 Å². The normalized spacial score (nSPS) is 17.1. The largest absolute Gasteiger partial charge is 0.495 e. The molecule has 0 aliphatic carbocycles. The number of piperidine rings is 1. The SMILES string of the molecule is COc1ccccc1NC(=O)N1CCC2(CCN(C(=O)C#Cc3ccccc3)C2)CC1. The third-order valence-electron chi connectivity index (χ3n) is 6.27. The van der Waals surface area contributed by atoms with Crippen LogP contribution in [-0.4, -0.2) is 55.0 Å². The number of methoxy groups -OCH3 is 1. The zero-order valence-electron chi connectivity index (χ0n) is 17.8. The van der Waals surface area contributed by atoms with Crippen LogP contribution in [0.25, 0.3) is 0 Å². The number of nitrogens with one attached hydrogen (secondary N) is 1. The first-order valence-electron chi connectivity index (χ1n) is 10.6. The number of anilines is 1. The molecule has 4 rings (SSSR count). The van der Waals surface area contributed by atoms with Gasteiger partial charge in [0.05, 0.1) is 12.8 Å². The summed E-state index contributed by atoms with van der Waals surface area (Å²) >= 11 is 0. The Balaban J connectivity index is 1.31. The van der Waals surface area contributed by atoms with E-state index in [1.807, 2.05) is 64.4 Å². The maximum atomic E-state index is 12.7. The minimum absolute atomic E-state index is 0.0886. The Kier molecular flexibility index (Phi) is 6.13. The van der Waals surface area contributed by atoms with Crippen molar-refractivity contribution in [2.24, 2.45) is 5.41 Å². The van der Waals surface area contributed by atoms with E-state index in [9.17, 15) is 9.59 Å². The second-order valence-electron chi connectivity index (χ2n) is 8.21. The molecule has 0 bridgehead atoms. The van der Waals surface area contributed by atoms with E-state index < -0.39 is 0 Å². The first kappa shape index (κ1) is 20.8. The second kappa shape index (κ2) is 9.13. The quantitative estimate of drug-likeness (QED) is 0.760. The second-order valence-corrected chi connectivity index (χ2v) is 8.21. The molecule has 1 N–H and O–H groups in total. The molecule has 2 aliphatic rings. The van der Waals surface area contributed by atoms with Crippen LogP contribution in [0.4, 0.5) is 10.5 Å². The summed E-state index contributed by atoms with van der Waals surface area (Å²) in [4.78, 5) is 29.0. The Morgan fingerprint density at radius 1 is 0.935 bits per heavy atom. The van der Waals surface area contributed by atoms with Crippen molar-refractivity contribution in [3.05, 3.63) is 60.2 Å². The highest BCUT2D eigenvalue weighted by atomic mass is 16.5. The molecule has 2 aromatic rings. The molecule has 2 saturated heterocycles. The average molecular weight is 418 g/mol. The van der Waals surface area contributed by atoms with Crippen LogP contribution in [0.3, 0.4) is 0 Å². The van der Waals surface area contributed by atoms with Gasteiger partial charge < -0.3 is 19.9 Å². The highest BCUT2D eigenvalue weighted by molar-refractivity contribution is 5.94. The number of rotatable bonds is 2. The third-order valence-corrected chi connectivity index (χ3v) is 6.27. The molecule has 2 aliphatic heterocycles. The number of urea groups is 1. The van der Waals surface area contributed by atoms with E-state index in [2.05, 4.69) is 17.2 Å². The van der Waals surface area contributed by atoms with Crippen molar-refractivity contribution in [1.29, 1.82) is 0 Å². The van der Waals surface area contributed by atoms with Gasteiger partial charge in [-0.2, -0.15) is 0 Å². The molecule has 2 fully saturated rings. The number of nitrogens with zero attached hydrogens (tertiary/aromatic N) is 2.